The first-order chi connectivity index (χ1) is 15.7. The van der Waals surface area contributed by atoms with Gasteiger partial charge in [-0.2, -0.15) is 10.2 Å². The van der Waals surface area contributed by atoms with Crippen LogP contribution in [0.1, 0.15) is 40.3 Å². The van der Waals surface area contributed by atoms with Crippen LogP contribution in [0.2, 0.25) is 0 Å². The van der Waals surface area contributed by atoms with Gasteiger partial charge in [0.25, 0.3) is 5.91 Å². The number of ether oxygens (including phenoxy) is 1. The monoisotopic (exact) mass is 434 g/mol. The lowest BCUT2D eigenvalue weighted by atomic mass is 10.1. The average Bonchev–Trinajstić information content (AvgIpc) is 3.62. The van der Waals surface area contributed by atoms with Gasteiger partial charge in [-0.3, -0.25) is 9.48 Å². The van der Waals surface area contributed by atoms with Gasteiger partial charge in [0.05, 0.1) is 19.1 Å². The molecule has 0 N–H and O–H groups in total. The van der Waals surface area contributed by atoms with Gasteiger partial charge in [0.2, 0.25) is 5.76 Å². The molecule has 10 nitrogen and oxygen atoms in total. The first-order valence-corrected chi connectivity index (χ1v) is 9.87. The third-order valence-corrected chi connectivity index (χ3v) is 4.91. The van der Waals surface area contributed by atoms with Crippen LogP contribution in [0, 0.1) is 0 Å². The van der Waals surface area contributed by atoms with Crippen molar-refractivity contribution in [1.82, 2.24) is 14.8 Å². The van der Waals surface area contributed by atoms with Crippen LogP contribution in [-0.4, -0.2) is 39.0 Å². The van der Waals surface area contributed by atoms with E-state index in [1.54, 1.807) is 53.5 Å². The van der Waals surface area contributed by atoms with Crippen LogP contribution in [0.3, 0.4) is 0 Å². The largest absolute Gasteiger partial charge is 0.467 e. The number of carbonyl (C=O) groups is 2. The second-order valence-corrected chi connectivity index (χ2v) is 7.04. The van der Waals surface area contributed by atoms with Crippen molar-refractivity contribution < 1.29 is 27.6 Å². The molecule has 1 aliphatic rings. The number of aromatic nitrogens is 2. The lowest BCUT2D eigenvalue weighted by Gasteiger charge is -2.19. The minimum atomic E-state index is -0.742. The molecule has 0 bridgehead atoms. The first-order valence-electron chi connectivity index (χ1n) is 9.87. The average molecular weight is 434 g/mol. The third kappa shape index (κ3) is 3.97. The zero-order valence-corrected chi connectivity index (χ0v) is 16.8. The third-order valence-electron chi connectivity index (χ3n) is 4.91. The van der Waals surface area contributed by atoms with Gasteiger partial charge in [0.1, 0.15) is 29.0 Å². The van der Waals surface area contributed by atoms with E-state index in [0.29, 0.717) is 36.0 Å². The molecule has 0 spiro atoms. The predicted molar refractivity (Wildman–Crippen MR) is 108 cm³/mol. The van der Waals surface area contributed by atoms with Gasteiger partial charge in [0, 0.05) is 18.8 Å². The molecule has 0 fully saturated rings. The van der Waals surface area contributed by atoms with E-state index in [4.69, 9.17) is 18.0 Å². The van der Waals surface area contributed by atoms with E-state index in [2.05, 4.69) is 10.2 Å². The number of esters is 1. The summed E-state index contributed by atoms with van der Waals surface area (Å²) in [4.78, 5) is 25.2. The number of hydrogen-bond donors (Lipinski definition) is 0. The van der Waals surface area contributed by atoms with E-state index >= 15 is 0 Å². The molecule has 162 valence electrons. The maximum Gasteiger partial charge on any atom is 0.374 e. The fourth-order valence-corrected chi connectivity index (χ4v) is 3.43. The molecule has 0 aliphatic carbocycles. The van der Waals surface area contributed by atoms with Gasteiger partial charge < -0.3 is 18.0 Å². The highest BCUT2D eigenvalue weighted by Gasteiger charge is 2.36. The zero-order valence-electron chi connectivity index (χ0n) is 16.8. The van der Waals surface area contributed by atoms with E-state index < -0.39 is 24.5 Å². The Bertz CT molecular complexity index is 1220. The normalized spacial score (nSPS) is 15.7. The Morgan fingerprint density at radius 2 is 1.97 bits per heavy atom. The minimum absolute atomic E-state index is 0.00346. The molecular weight excluding hydrogens is 416 g/mol. The molecule has 1 unspecified atom stereocenters. The second-order valence-electron chi connectivity index (χ2n) is 7.04. The van der Waals surface area contributed by atoms with Gasteiger partial charge in [-0.05, 0) is 42.5 Å². The Morgan fingerprint density at radius 1 is 1.09 bits per heavy atom. The van der Waals surface area contributed by atoms with Crippen molar-refractivity contribution in [2.75, 3.05) is 6.61 Å². The fraction of sp³-hybridized carbons (Fsp3) is 0.182. The number of carbonyl (C=O) groups excluding carboxylic acids is 2. The lowest BCUT2D eigenvalue weighted by molar-refractivity contribution is -0.136. The molecule has 10 heteroatoms. The van der Waals surface area contributed by atoms with Gasteiger partial charge in [-0.25, -0.2) is 9.80 Å². The van der Waals surface area contributed by atoms with Crippen molar-refractivity contribution >= 4 is 17.6 Å². The van der Waals surface area contributed by atoms with E-state index in [-0.39, 0.29) is 5.76 Å². The lowest BCUT2D eigenvalue weighted by Crippen LogP contribution is -2.31. The second kappa shape index (κ2) is 8.42. The number of nitrogens with zero attached hydrogens (tertiary/aromatic N) is 4. The molecule has 0 saturated carbocycles. The maximum absolute atomic E-state index is 12.8. The topological polar surface area (TPSA) is 116 Å². The molecule has 1 amide bonds. The van der Waals surface area contributed by atoms with Crippen molar-refractivity contribution in [3.63, 3.8) is 0 Å². The van der Waals surface area contributed by atoms with Crippen LogP contribution in [-0.2, 0) is 16.1 Å². The summed E-state index contributed by atoms with van der Waals surface area (Å²) in [6, 6.07) is 11.5. The SMILES string of the molecule is O=C(OCC(=O)N1N=C(c2ccco2)CC1c1ccco1)c1ccc(Cn2cccn2)o1. The standard InChI is InChI=1S/C22H18N4O6/c27-21(14-31-22(28)20-7-6-15(32-20)13-25-9-3-8-23-25)26-17(19-5-2-11-30-19)12-16(24-26)18-4-1-10-29-18/h1-11,17H,12-14H2. The summed E-state index contributed by atoms with van der Waals surface area (Å²) in [5.41, 5.74) is 0.602. The molecule has 1 atom stereocenters. The highest BCUT2D eigenvalue weighted by atomic mass is 16.5. The van der Waals surface area contributed by atoms with Crippen molar-refractivity contribution in [3.8, 4) is 0 Å². The Labute approximate surface area is 181 Å². The van der Waals surface area contributed by atoms with Crippen LogP contribution in [0.25, 0.3) is 0 Å². The summed E-state index contributed by atoms with van der Waals surface area (Å²) in [5, 5.41) is 9.73. The van der Waals surface area contributed by atoms with Gasteiger partial charge in [0.15, 0.2) is 6.61 Å². The number of furan rings is 3. The van der Waals surface area contributed by atoms with E-state index in [1.165, 1.54) is 23.6 Å². The summed E-state index contributed by atoms with van der Waals surface area (Å²) in [7, 11) is 0. The number of hydrazone groups is 1. The molecule has 0 radical (unpaired) electrons. The Balaban J connectivity index is 1.25. The number of hydrogen-bond acceptors (Lipinski definition) is 8. The van der Waals surface area contributed by atoms with Gasteiger partial charge in [-0.15, -0.1) is 0 Å². The highest BCUT2D eigenvalue weighted by molar-refractivity contribution is 6.01. The van der Waals surface area contributed by atoms with Crippen molar-refractivity contribution in [2.24, 2.45) is 5.10 Å². The van der Waals surface area contributed by atoms with Crippen molar-refractivity contribution in [2.45, 2.75) is 19.0 Å². The van der Waals surface area contributed by atoms with Crippen LogP contribution >= 0.6 is 0 Å². The van der Waals surface area contributed by atoms with Crippen LogP contribution in [0.15, 0.2) is 85.7 Å². The molecule has 0 aromatic carbocycles. The molecule has 4 aromatic rings. The molecule has 1 aliphatic heterocycles. The number of rotatable bonds is 7. The first kappa shape index (κ1) is 19.6. The summed E-state index contributed by atoms with van der Waals surface area (Å²) in [5.74, 6) is 0.443. The Kier molecular flexibility index (Phi) is 5.16. The van der Waals surface area contributed by atoms with E-state index in [0.717, 1.165) is 0 Å². The molecule has 32 heavy (non-hydrogen) atoms. The summed E-state index contributed by atoms with van der Waals surface area (Å²) >= 11 is 0. The summed E-state index contributed by atoms with van der Waals surface area (Å²) in [6.45, 7) is -0.123. The van der Waals surface area contributed by atoms with Gasteiger partial charge in [-0.1, -0.05) is 0 Å². The minimum Gasteiger partial charge on any atom is -0.467 e. The van der Waals surface area contributed by atoms with Gasteiger partial charge >= 0.3 is 5.97 Å². The van der Waals surface area contributed by atoms with Crippen LogP contribution in [0.4, 0.5) is 0 Å². The molecular formula is C22H18N4O6. The van der Waals surface area contributed by atoms with Crippen LogP contribution in [0.5, 0.6) is 0 Å². The smallest absolute Gasteiger partial charge is 0.374 e. The molecule has 0 saturated heterocycles. The van der Waals surface area contributed by atoms with E-state index in [1.807, 2.05) is 0 Å². The Hall–Kier alpha value is -4.34. The molecule has 5 heterocycles. The molecule has 5 rings (SSSR count). The van der Waals surface area contributed by atoms with Crippen molar-refractivity contribution in [1.29, 1.82) is 0 Å². The zero-order chi connectivity index (χ0) is 21.9. The van der Waals surface area contributed by atoms with Crippen molar-refractivity contribution in [3.05, 3.63) is 90.4 Å². The Morgan fingerprint density at radius 3 is 2.72 bits per heavy atom. The van der Waals surface area contributed by atoms with E-state index in [9.17, 15) is 9.59 Å². The predicted octanol–water partition coefficient (Wildman–Crippen LogP) is 3.25. The number of amides is 1. The maximum atomic E-state index is 12.8. The fourth-order valence-electron chi connectivity index (χ4n) is 3.43. The quantitative estimate of drug-likeness (QED) is 0.410. The van der Waals surface area contributed by atoms with Crippen LogP contribution < -0.4 is 0 Å². The highest BCUT2D eigenvalue weighted by Crippen LogP contribution is 2.33. The summed E-state index contributed by atoms with van der Waals surface area (Å²) < 4.78 is 23.2. The molecule has 4 aromatic heterocycles. The summed E-state index contributed by atoms with van der Waals surface area (Å²) in [6.07, 6.45) is 6.91.